The molecule has 7 heteroatoms. The van der Waals surface area contributed by atoms with Crippen molar-refractivity contribution < 1.29 is 4.79 Å². The first-order chi connectivity index (χ1) is 12.1. The van der Waals surface area contributed by atoms with Crippen molar-refractivity contribution in [3.63, 3.8) is 0 Å². The van der Waals surface area contributed by atoms with Gasteiger partial charge in [0.05, 0.1) is 17.1 Å². The van der Waals surface area contributed by atoms with Crippen molar-refractivity contribution in [2.45, 2.75) is 13.8 Å². The zero-order valence-corrected chi connectivity index (χ0v) is 13.8. The molecule has 1 aromatic carbocycles. The number of nitrogens with zero attached hydrogens (tertiary/aromatic N) is 4. The third-order valence-corrected chi connectivity index (χ3v) is 4.10. The lowest BCUT2D eigenvalue weighted by Crippen LogP contribution is -2.15. The molecule has 0 fully saturated rings. The van der Waals surface area contributed by atoms with E-state index in [1.54, 1.807) is 22.8 Å². The molecule has 0 aliphatic rings. The molecular weight excluding hydrogens is 316 g/mol. The summed E-state index contributed by atoms with van der Waals surface area (Å²) in [6.45, 7) is 3.85. The van der Waals surface area contributed by atoms with E-state index < -0.39 is 0 Å². The molecule has 25 heavy (non-hydrogen) atoms. The highest BCUT2D eigenvalue weighted by Crippen LogP contribution is 2.20. The minimum atomic E-state index is -0.269. The average molecular weight is 332 g/mol. The van der Waals surface area contributed by atoms with Crippen LogP contribution in [0, 0.1) is 13.8 Å². The fraction of sp³-hybridized carbons (Fsp3) is 0.111. The van der Waals surface area contributed by atoms with Crippen LogP contribution >= 0.6 is 0 Å². The molecule has 0 bridgehead atoms. The molecule has 0 radical (unpaired) electrons. The van der Waals surface area contributed by atoms with E-state index in [1.165, 1.54) is 0 Å². The highest BCUT2D eigenvalue weighted by Gasteiger charge is 2.12. The van der Waals surface area contributed by atoms with Gasteiger partial charge >= 0.3 is 0 Å². The summed E-state index contributed by atoms with van der Waals surface area (Å²) in [4.78, 5) is 16.9. The third-order valence-electron chi connectivity index (χ3n) is 4.10. The quantitative estimate of drug-likeness (QED) is 0.604. The molecule has 1 amide bonds. The van der Waals surface area contributed by atoms with E-state index in [0.29, 0.717) is 11.4 Å². The maximum absolute atomic E-state index is 12.5. The molecule has 0 aliphatic heterocycles. The van der Waals surface area contributed by atoms with Gasteiger partial charge in [-0.15, -0.1) is 0 Å². The predicted molar refractivity (Wildman–Crippen MR) is 94.4 cm³/mol. The van der Waals surface area contributed by atoms with Crippen LogP contribution in [-0.2, 0) is 0 Å². The zero-order valence-electron chi connectivity index (χ0n) is 13.8. The lowest BCUT2D eigenvalue weighted by molar-refractivity contribution is 0.102. The fourth-order valence-corrected chi connectivity index (χ4v) is 2.65. The molecule has 2 N–H and O–H groups in total. The van der Waals surface area contributed by atoms with Crippen molar-refractivity contribution in [1.29, 1.82) is 0 Å². The Morgan fingerprint density at radius 1 is 1.16 bits per heavy atom. The first kappa shape index (κ1) is 15.1. The lowest BCUT2D eigenvalue weighted by Gasteiger charge is -2.07. The van der Waals surface area contributed by atoms with Crippen LogP contribution in [0.2, 0.25) is 0 Å². The number of anilines is 1. The summed E-state index contributed by atoms with van der Waals surface area (Å²) in [5, 5.41) is 14.1. The van der Waals surface area contributed by atoms with Gasteiger partial charge in [0.15, 0.2) is 5.65 Å². The molecule has 4 aromatic rings. The predicted octanol–water partition coefficient (Wildman–Crippen LogP) is 2.99. The fourth-order valence-electron chi connectivity index (χ4n) is 2.65. The molecule has 3 aromatic heterocycles. The number of carbonyl (C=O) groups is 1. The molecule has 0 aliphatic carbocycles. The van der Waals surface area contributed by atoms with Crippen LogP contribution in [0.15, 0.2) is 48.7 Å². The molecule has 124 valence electrons. The number of nitrogens with one attached hydrogen (secondary N) is 2. The second-order valence-corrected chi connectivity index (χ2v) is 5.78. The van der Waals surface area contributed by atoms with Crippen LogP contribution in [0.25, 0.3) is 16.9 Å². The third kappa shape index (κ3) is 2.76. The van der Waals surface area contributed by atoms with E-state index in [0.717, 1.165) is 28.3 Å². The van der Waals surface area contributed by atoms with Crippen molar-refractivity contribution >= 4 is 17.2 Å². The molecule has 0 saturated carbocycles. The van der Waals surface area contributed by atoms with Gasteiger partial charge < -0.3 is 5.32 Å². The topological polar surface area (TPSA) is 88.0 Å². The molecule has 0 spiro atoms. The summed E-state index contributed by atoms with van der Waals surface area (Å²) in [6.07, 6.45) is 1.69. The normalized spacial score (nSPS) is 11.0. The van der Waals surface area contributed by atoms with Gasteiger partial charge in [-0.3, -0.25) is 9.89 Å². The lowest BCUT2D eigenvalue weighted by atomic mass is 10.1. The van der Waals surface area contributed by atoms with Crippen molar-refractivity contribution in [3.8, 4) is 11.3 Å². The highest BCUT2D eigenvalue weighted by molar-refractivity contribution is 6.03. The van der Waals surface area contributed by atoms with Crippen molar-refractivity contribution in [1.82, 2.24) is 24.8 Å². The van der Waals surface area contributed by atoms with E-state index in [-0.39, 0.29) is 5.91 Å². The van der Waals surface area contributed by atoms with Gasteiger partial charge in [-0.1, -0.05) is 12.1 Å². The Kier molecular flexibility index (Phi) is 3.53. The molecule has 7 nitrogen and oxygen atoms in total. The Labute approximate surface area is 143 Å². The molecule has 4 rings (SSSR count). The van der Waals surface area contributed by atoms with Gasteiger partial charge in [-0.05, 0) is 44.2 Å². The first-order valence-corrected chi connectivity index (χ1v) is 7.86. The number of amides is 1. The number of aryl methyl sites for hydroxylation is 2. The standard InChI is InChI=1S/C18H16N6O/c1-11-12(2)24-17(20-11)7-6-16(23-24)18(25)21-14-5-3-4-13(10-14)15-8-9-19-22-15/h3-10H,1-2H3,(H,19,22)(H,21,25). The van der Waals surface area contributed by atoms with Crippen molar-refractivity contribution in [3.05, 3.63) is 65.7 Å². The van der Waals surface area contributed by atoms with E-state index in [1.807, 2.05) is 44.2 Å². The van der Waals surface area contributed by atoms with E-state index in [2.05, 4.69) is 25.6 Å². The summed E-state index contributed by atoms with van der Waals surface area (Å²) >= 11 is 0. The van der Waals surface area contributed by atoms with Crippen molar-refractivity contribution in [2.75, 3.05) is 5.32 Å². The number of carbonyl (C=O) groups excluding carboxylic acids is 1. The number of fused-ring (bicyclic) bond motifs is 1. The Bertz CT molecular complexity index is 1060. The Morgan fingerprint density at radius 2 is 2.04 bits per heavy atom. The molecular formula is C18H16N6O. The second kappa shape index (κ2) is 5.86. The molecule has 3 heterocycles. The second-order valence-electron chi connectivity index (χ2n) is 5.78. The van der Waals surface area contributed by atoms with Gasteiger partial charge in [0.2, 0.25) is 0 Å². The summed E-state index contributed by atoms with van der Waals surface area (Å²) in [5.41, 5.74) is 5.41. The Hall–Kier alpha value is -3.48. The average Bonchev–Trinajstić information content (AvgIpc) is 3.24. The zero-order chi connectivity index (χ0) is 17.4. The van der Waals surface area contributed by atoms with E-state index in [4.69, 9.17) is 0 Å². The number of imidazole rings is 1. The van der Waals surface area contributed by atoms with Crippen LogP contribution in [-0.4, -0.2) is 30.7 Å². The Balaban J connectivity index is 1.62. The maximum Gasteiger partial charge on any atom is 0.276 e. The summed E-state index contributed by atoms with van der Waals surface area (Å²) in [5.74, 6) is -0.269. The largest absolute Gasteiger partial charge is 0.321 e. The SMILES string of the molecule is Cc1nc2ccc(C(=O)Nc3cccc(-c4ccn[nH]4)c3)nn2c1C. The van der Waals surface area contributed by atoms with Crippen LogP contribution in [0.1, 0.15) is 21.9 Å². The monoisotopic (exact) mass is 332 g/mol. The number of rotatable bonds is 3. The minimum absolute atomic E-state index is 0.269. The molecule has 0 unspecified atom stereocenters. The van der Waals surface area contributed by atoms with Crippen LogP contribution < -0.4 is 5.32 Å². The number of aromatic nitrogens is 5. The van der Waals surface area contributed by atoms with Gasteiger partial charge in [-0.2, -0.15) is 10.2 Å². The number of hydrogen-bond acceptors (Lipinski definition) is 4. The van der Waals surface area contributed by atoms with Crippen LogP contribution in [0.5, 0.6) is 0 Å². The number of benzene rings is 1. The number of aromatic amines is 1. The van der Waals surface area contributed by atoms with Gasteiger partial charge in [0.25, 0.3) is 5.91 Å². The molecule has 0 atom stereocenters. The number of hydrogen-bond donors (Lipinski definition) is 2. The first-order valence-electron chi connectivity index (χ1n) is 7.86. The summed E-state index contributed by atoms with van der Waals surface area (Å²) in [6, 6.07) is 12.9. The highest BCUT2D eigenvalue weighted by atomic mass is 16.1. The smallest absolute Gasteiger partial charge is 0.276 e. The summed E-state index contributed by atoms with van der Waals surface area (Å²) < 4.78 is 1.69. The van der Waals surface area contributed by atoms with Crippen LogP contribution in [0.3, 0.4) is 0 Å². The minimum Gasteiger partial charge on any atom is -0.321 e. The van der Waals surface area contributed by atoms with Crippen LogP contribution in [0.4, 0.5) is 5.69 Å². The van der Waals surface area contributed by atoms with E-state index in [9.17, 15) is 4.79 Å². The number of H-pyrrole nitrogens is 1. The van der Waals surface area contributed by atoms with Gasteiger partial charge in [0.1, 0.15) is 5.69 Å². The van der Waals surface area contributed by atoms with Gasteiger partial charge in [-0.25, -0.2) is 9.50 Å². The van der Waals surface area contributed by atoms with Gasteiger partial charge in [0, 0.05) is 17.4 Å². The molecule has 0 saturated heterocycles. The Morgan fingerprint density at radius 3 is 2.84 bits per heavy atom. The summed E-state index contributed by atoms with van der Waals surface area (Å²) in [7, 11) is 0. The van der Waals surface area contributed by atoms with Crippen molar-refractivity contribution in [2.24, 2.45) is 0 Å². The van der Waals surface area contributed by atoms with E-state index >= 15 is 0 Å². The maximum atomic E-state index is 12.5.